The van der Waals surface area contributed by atoms with Gasteiger partial charge in [0.25, 0.3) is 0 Å². The molecule has 0 saturated heterocycles. The van der Waals surface area contributed by atoms with Crippen molar-refractivity contribution in [3.8, 4) is 11.5 Å². The van der Waals surface area contributed by atoms with Gasteiger partial charge < -0.3 is 24.8 Å². The number of aliphatic carboxylic acids is 2. The molecule has 1 aromatic rings. The molecular formula is C19H20O8. The number of carbonyl (C=O) groups is 3. The second-order valence-corrected chi connectivity index (χ2v) is 7.02. The van der Waals surface area contributed by atoms with E-state index in [1.165, 1.54) is 7.11 Å². The number of carbonyl (C=O) groups excluding carboxylic acids is 1. The van der Waals surface area contributed by atoms with E-state index in [2.05, 4.69) is 0 Å². The second-order valence-electron chi connectivity index (χ2n) is 7.02. The first-order valence-electron chi connectivity index (χ1n) is 8.36. The maximum Gasteiger partial charge on any atom is 0.342 e. The minimum absolute atomic E-state index is 0.0487. The van der Waals surface area contributed by atoms with Gasteiger partial charge >= 0.3 is 17.9 Å². The van der Waals surface area contributed by atoms with Crippen molar-refractivity contribution >= 4 is 17.9 Å². The van der Waals surface area contributed by atoms with Crippen LogP contribution in [0.5, 0.6) is 11.5 Å². The molecule has 2 aliphatic rings. The van der Waals surface area contributed by atoms with Crippen molar-refractivity contribution in [2.75, 3.05) is 7.11 Å². The normalized spacial score (nSPS) is 17.7. The molecule has 8 heteroatoms. The van der Waals surface area contributed by atoms with Crippen LogP contribution in [0.1, 0.15) is 46.8 Å². The SMILES string of the molecule is COc1c(C)c2c(c(O)c1CC1=C(C)CC(C(=O)O)(C(=O)O)C1)C(=O)OC2. The van der Waals surface area contributed by atoms with Gasteiger partial charge in [-0.05, 0) is 32.3 Å². The van der Waals surface area contributed by atoms with Crippen LogP contribution in [0.2, 0.25) is 0 Å². The number of aromatic hydroxyl groups is 1. The fraction of sp³-hybridized carbons (Fsp3) is 0.421. The minimum Gasteiger partial charge on any atom is -0.507 e. The number of allylic oxidation sites excluding steroid dienone is 2. The number of ether oxygens (including phenoxy) is 2. The van der Waals surface area contributed by atoms with Crippen LogP contribution in [0, 0.1) is 12.3 Å². The van der Waals surface area contributed by atoms with Crippen molar-refractivity contribution in [3.63, 3.8) is 0 Å². The molecule has 0 fully saturated rings. The van der Waals surface area contributed by atoms with Gasteiger partial charge in [-0.1, -0.05) is 11.1 Å². The topological polar surface area (TPSA) is 130 Å². The van der Waals surface area contributed by atoms with Gasteiger partial charge in [0.15, 0.2) is 5.41 Å². The Balaban J connectivity index is 2.07. The smallest absolute Gasteiger partial charge is 0.342 e. The quantitative estimate of drug-likeness (QED) is 0.405. The average Bonchev–Trinajstić information content (AvgIpc) is 3.14. The number of hydrogen-bond acceptors (Lipinski definition) is 6. The van der Waals surface area contributed by atoms with Crippen LogP contribution in [0.25, 0.3) is 0 Å². The monoisotopic (exact) mass is 376 g/mol. The summed E-state index contributed by atoms with van der Waals surface area (Å²) in [6.45, 7) is 3.48. The zero-order valence-corrected chi connectivity index (χ0v) is 15.2. The number of phenols is 1. The summed E-state index contributed by atoms with van der Waals surface area (Å²) in [5.41, 5.74) is 0.954. The Bertz CT molecular complexity index is 895. The number of methoxy groups -OCH3 is 1. The predicted octanol–water partition coefficient (Wildman–Crippen LogP) is 2.19. The summed E-state index contributed by atoms with van der Waals surface area (Å²) >= 11 is 0. The number of benzene rings is 1. The molecule has 144 valence electrons. The number of carboxylic acid groups (broad SMARTS) is 2. The second kappa shape index (κ2) is 6.29. The fourth-order valence-corrected chi connectivity index (χ4v) is 3.98. The maximum atomic E-state index is 12.0. The van der Waals surface area contributed by atoms with Crippen LogP contribution in [0.3, 0.4) is 0 Å². The Hall–Kier alpha value is -3.03. The molecule has 0 radical (unpaired) electrons. The van der Waals surface area contributed by atoms with E-state index in [4.69, 9.17) is 9.47 Å². The number of esters is 1. The van der Waals surface area contributed by atoms with Gasteiger partial charge in [0.2, 0.25) is 0 Å². The molecule has 0 bridgehead atoms. The van der Waals surface area contributed by atoms with Gasteiger partial charge in [-0.3, -0.25) is 9.59 Å². The van der Waals surface area contributed by atoms with Crippen molar-refractivity contribution < 1.29 is 39.2 Å². The highest BCUT2D eigenvalue weighted by molar-refractivity contribution is 6.00. The van der Waals surface area contributed by atoms with Gasteiger partial charge in [-0.25, -0.2) is 4.79 Å². The van der Waals surface area contributed by atoms with Crippen LogP contribution in [0.4, 0.5) is 0 Å². The maximum absolute atomic E-state index is 12.0. The third kappa shape index (κ3) is 2.63. The molecular weight excluding hydrogens is 356 g/mol. The Kier molecular flexibility index (Phi) is 4.37. The van der Waals surface area contributed by atoms with Crippen LogP contribution >= 0.6 is 0 Å². The van der Waals surface area contributed by atoms with E-state index >= 15 is 0 Å². The molecule has 0 saturated carbocycles. The number of cyclic esters (lactones) is 1. The largest absolute Gasteiger partial charge is 0.507 e. The molecule has 0 aromatic heterocycles. The zero-order valence-electron chi connectivity index (χ0n) is 15.2. The summed E-state index contributed by atoms with van der Waals surface area (Å²) in [6, 6.07) is 0. The lowest BCUT2D eigenvalue weighted by molar-refractivity contribution is -0.163. The first kappa shape index (κ1) is 18.8. The van der Waals surface area contributed by atoms with E-state index < -0.39 is 23.3 Å². The van der Waals surface area contributed by atoms with Crippen molar-refractivity contribution in [3.05, 3.63) is 33.4 Å². The summed E-state index contributed by atoms with van der Waals surface area (Å²) in [5.74, 6) is -3.30. The molecule has 0 unspecified atom stereocenters. The molecule has 1 aromatic carbocycles. The van der Waals surface area contributed by atoms with E-state index in [0.717, 1.165) is 0 Å². The Morgan fingerprint density at radius 1 is 1.19 bits per heavy atom. The number of carboxylic acids is 2. The van der Waals surface area contributed by atoms with E-state index in [9.17, 15) is 29.7 Å². The molecule has 0 atom stereocenters. The molecule has 8 nitrogen and oxygen atoms in total. The third-order valence-electron chi connectivity index (χ3n) is 5.54. The highest BCUT2D eigenvalue weighted by Gasteiger charge is 2.51. The lowest BCUT2D eigenvalue weighted by atomic mass is 9.83. The molecule has 1 aliphatic carbocycles. The first-order chi connectivity index (χ1) is 12.6. The van der Waals surface area contributed by atoms with Crippen molar-refractivity contribution in [2.24, 2.45) is 5.41 Å². The van der Waals surface area contributed by atoms with Gasteiger partial charge in [-0.15, -0.1) is 0 Å². The predicted molar refractivity (Wildman–Crippen MR) is 91.9 cm³/mol. The molecule has 0 amide bonds. The molecule has 3 rings (SSSR count). The third-order valence-corrected chi connectivity index (χ3v) is 5.54. The molecule has 1 heterocycles. The Labute approximate surface area is 155 Å². The first-order valence-corrected chi connectivity index (χ1v) is 8.36. The number of phenolic OH excluding ortho intramolecular Hbond substituents is 1. The summed E-state index contributed by atoms with van der Waals surface area (Å²) in [7, 11) is 1.43. The Morgan fingerprint density at radius 3 is 2.33 bits per heavy atom. The zero-order chi connectivity index (χ0) is 20.1. The summed E-state index contributed by atoms with van der Waals surface area (Å²) in [4.78, 5) is 35.2. The van der Waals surface area contributed by atoms with Gasteiger partial charge in [-0.2, -0.15) is 0 Å². The fourth-order valence-electron chi connectivity index (χ4n) is 3.98. The van der Waals surface area contributed by atoms with Crippen LogP contribution in [0.15, 0.2) is 11.1 Å². The van der Waals surface area contributed by atoms with E-state index in [1.807, 2.05) is 0 Å². The number of hydrogen-bond donors (Lipinski definition) is 3. The Morgan fingerprint density at radius 2 is 1.81 bits per heavy atom. The summed E-state index contributed by atoms with van der Waals surface area (Å²) < 4.78 is 10.4. The van der Waals surface area contributed by atoms with E-state index in [0.29, 0.717) is 33.6 Å². The summed E-state index contributed by atoms with van der Waals surface area (Å²) in [6.07, 6.45) is -0.195. The number of fused-ring (bicyclic) bond motifs is 1. The van der Waals surface area contributed by atoms with Gasteiger partial charge in [0.1, 0.15) is 23.7 Å². The molecule has 1 aliphatic heterocycles. The average molecular weight is 376 g/mol. The minimum atomic E-state index is -1.91. The van der Waals surface area contributed by atoms with Crippen molar-refractivity contribution in [1.82, 2.24) is 0 Å². The molecule has 3 N–H and O–H groups in total. The molecule has 27 heavy (non-hydrogen) atoms. The standard InChI is InChI=1S/C19H20O8/c1-8-5-19(17(22)23,18(24)25)6-10(8)4-11-14(20)13-12(7-27-16(13)21)9(2)15(11)26-3/h20H,4-7H2,1-3H3,(H,22,23)(H,24,25). The van der Waals surface area contributed by atoms with Crippen LogP contribution in [-0.2, 0) is 27.4 Å². The highest BCUT2D eigenvalue weighted by Crippen LogP contribution is 2.47. The highest BCUT2D eigenvalue weighted by atomic mass is 16.5. The van der Waals surface area contributed by atoms with Gasteiger partial charge in [0, 0.05) is 17.5 Å². The van der Waals surface area contributed by atoms with E-state index in [-0.39, 0.29) is 37.2 Å². The number of rotatable bonds is 5. The molecule has 0 spiro atoms. The lowest BCUT2D eigenvalue weighted by Crippen LogP contribution is -2.37. The van der Waals surface area contributed by atoms with Gasteiger partial charge in [0.05, 0.1) is 7.11 Å². The van der Waals surface area contributed by atoms with Crippen molar-refractivity contribution in [1.29, 1.82) is 0 Å². The lowest BCUT2D eigenvalue weighted by Gasteiger charge is -2.20. The summed E-state index contributed by atoms with van der Waals surface area (Å²) in [5, 5.41) is 29.6. The van der Waals surface area contributed by atoms with Crippen molar-refractivity contribution in [2.45, 2.75) is 39.7 Å². The van der Waals surface area contributed by atoms with Crippen LogP contribution in [-0.4, -0.2) is 40.3 Å². The van der Waals surface area contributed by atoms with E-state index in [1.54, 1.807) is 13.8 Å². The van der Waals surface area contributed by atoms with Crippen LogP contribution < -0.4 is 4.74 Å².